The van der Waals surface area contributed by atoms with Crippen LogP contribution in [0.2, 0.25) is 0 Å². The van der Waals surface area contributed by atoms with Gasteiger partial charge in [-0.3, -0.25) is 29.0 Å². The van der Waals surface area contributed by atoms with Crippen LogP contribution in [0.25, 0.3) is 0 Å². The lowest BCUT2D eigenvalue weighted by molar-refractivity contribution is -0.205. The number of aliphatic hydroxyl groups is 4. The number of ketones is 1. The molecule has 3 fully saturated rings. The molecule has 6 rings (SSSR count). The second-order valence-corrected chi connectivity index (χ2v) is 23.0. The zero-order chi connectivity index (χ0) is 56.3. The van der Waals surface area contributed by atoms with Gasteiger partial charge in [-0.25, -0.2) is 5.43 Å². The molecule has 1 spiro atoms. The monoisotopic (exact) mass is 1070 g/mol. The molecule has 0 radical (unpaired) electrons. The number of benzene rings is 1. The van der Waals surface area contributed by atoms with Gasteiger partial charge in [0, 0.05) is 55.9 Å². The Hall–Kier alpha value is -5.24. The summed E-state index contributed by atoms with van der Waals surface area (Å²) in [5.74, 6) is -5.35. The average molecular weight is 1070 g/mol. The summed E-state index contributed by atoms with van der Waals surface area (Å²) in [4.78, 5) is 82.0. The number of cyclic esters (lactones) is 1. The number of nitrogens with zero attached hydrogens (tertiary/aromatic N) is 1. The lowest BCUT2D eigenvalue weighted by Crippen LogP contribution is -2.70. The second kappa shape index (κ2) is 27.6. The van der Waals surface area contributed by atoms with E-state index in [9.17, 15) is 54.3 Å². The molecule has 77 heavy (non-hydrogen) atoms. The molecule has 2 unspecified atom stereocenters. The van der Waals surface area contributed by atoms with Crippen molar-refractivity contribution in [3.8, 4) is 5.75 Å². The van der Waals surface area contributed by atoms with Crippen molar-refractivity contribution in [2.75, 3.05) is 6.54 Å². The van der Waals surface area contributed by atoms with Crippen LogP contribution in [-0.4, -0.2) is 133 Å². The first kappa shape index (κ1) is 61.0. The third kappa shape index (κ3) is 15.7. The maximum absolute atomic E-state index is 14.5. The lowest BCUT2D eigenvalue weighted by atomic mass is 9.62. The van der Waals surface area contributed by atoms with Crippen LogP contribution in [0.5, 0.6) is 5.75 Å². The summed E-state index contributed by atoms with van der Waals surface area (Å²) in [5, 5.41) is 65.9. The normalized spacial score (nSPS) is 33.9. The van der Waals surface area contributed by atoms with Crippen molar-refractivity contribution in [1.82, 2.24) is 26.4 Å². The molecule has 16 atom stereocenters. The zero-order valence-electron chi connectivity index (χ0n) is 46.4. The number of carbonyl (C=O) groups excluding carboxylic acids is 6. The van der Waals surface area contributed by atoms with Crippen LogP contribution >= 0.6 is 0 Å². The highest BCUT2D eigenvalue weighted by Crippen LogP contribution is 2.54. The number of ether oxygens (including phenoxy) is 2. The number of hydrogen-bond donors (Lipinski definition) is 9. The minimum atomic E-state index is -1.44. The van der Waals surface area contributed by atoms with Gasteiger partial charge in [0.15, 0.2) is 5.72 Å². The number of carbonyl (C=O) groups is 6. The molecule has 9 N–H and O–H groups in total. The van der Waals surface area contributed by atoms with Gasteiger partial charge in [-0.2, -0.15) is 0 Å². The van der Waals surface area contributed by atoms with Crippen LogP contribution in [0.15, 0.2) is 71.9 Å². The highest BCUT2D eigenvalue weighted by molar-refractivity contribution is 5.93. The Bertz CT molecular complexity index is 2370. The van der Waals surface area contributed by atoms with Gasteiger partial charge >= 0.3 is 5.97 Å². The molecular weight excluding hydrogens is 987 g/mol. The van der Waals surface area contributed by atoms with Crippen molar-refractivity contribution in [3.05, 3.63) is 77.4 Å². The molecule has 1 aromatic carbocycles. The number of phenolic OH excluding ortho intramolecular Hbond substituents is 1. The number of piperidine rings is 1. The van der Waals surface area contributed by atoms with Gasteiger partial charge in [0.25, 0.3) is 5.91 Å². The summed E-state index contributed by atoms with van der Waals surface area (Å²) in [6, 6.07) is 2.85. The van der Waals surface area contributed by atoms with Crippen molar-refractivity contribution in [3.63, 3.8) is 0 Å². The van der Waals surface area contributed by atoms with Gasteiger partial charge in [0.2, 0.25) is 17.7 Å². The fourth-order valence-electron chi connectivity index (χ4n) is 11.4. The van der Waals surface area contributed by atoms with E-state index in [4.69, 9.17) is 9.47 Å². The van der Waals surface area contributed by atoms with Crippen LogP contribution in [0.1, 0.15) is 138 Å². The summed E-state index contributed by atoms with van der Waals surface area (Å²) < 4.78 is 12.9. The van der Waals surface area contributed by atoms with Crippen molar-refractivity contribution in [2.24, 2.45) is 41.4 Å². The Kier molecular flexibility index (Phi) is 21.8. The largest absolute Gasteiger partial charge is 0.508 e. The number of hydrazine groups is 1. The maximum Gasteiger partial charge on any atom is 0.325 e. The molecule has 0 aromatic heterocycles. The van der Waals surface area contributed by atoms with Gasteiger partial charge in [0.05, 0.1) is 36.4 Å². The van der Waals surface area contributed by atoms with E-state index in [-0.39, 0.29) is 85.9 Å². The Balaban J connectivity index is 1.17. The molecule has 4 aliphatic heterocycles. The third-order valence-corrected chi connectivity index (χ3v) is 16.7. The summed E-state index contributed by atoms with van der Waals surface area (Å²) in [7, 11) is 0. The Morgan fingerprint density at radius 3 is 2.44 bits per heavy atom. The standard InChI is InChI=1S/C59H87N5O13/c1-9-40-30-42-31-41-27-36(6)51(77-59(41,42)62-54(40)71)32-49(69)34(4)20-23-43(66)24-21-35(5)50-19-12-10-11-18-48(68)38(8)53(70)45(25-22-37(7)65)55(72)61-52(33(2)3)56(73)60-47(29-39-15-13-16-44(67)28-39)57(74)64-26-14-17-46(63-64)58(75)76-50/h10-13,15-16,18,21,27-28,33-34,36,38,40,42-43,45-53,63,66-70H,9,14,17,19-20,22-26,29-32H2,1-8H3,(H,60,73)(H,61,72)(H,62,71)/b12-10+,18-11+,35-21+/t34-,36+,38-,40-,42+,43?,45+,46?,47-,48-,49-,50-,51-,52-,53+,59-/m0/s1. The summed E-state index contributed by atoms with van der Waals surface area (Å²) in [6.45, 7) is 14.4. The molecule has 4 heterocycles. The number of allylic oxidation sites excluding steroid dienone is 2. The van der Waals surface area contributed by atoms with E-state index < -0.39 is 95.8 Å². The molecule has 5 aliphatic rings. The zero-order valence-corrected chi connectivity index (χ0v) is 46.4. The van der Waals surface area contributed by atoms with E-state index in [0.717, 1.165) is 24.8 Å². The van der Waals surface area contributed by atoms with Crippen molar-refractivity contribution in [1.29, 1.82) is 0 Å². The van der Waals surface area contributed by atoms with E-state index in [2.05, 4.69) is 34.4 Å². The summed E-state index contributed by atoms with van der Waals surface area (Å²) in [6.07, 6.45) is 10.0. The predicted molar refractivity (Wildman–Crippen MR) is 289 cm³/mol. The minimum absolute atomic E-state index is 0.0158. The number of phenols is 1. The number of esters is 1. The SMILES string of the molecule is CC[C@H]1C[C@@H]2CC3=C[C@@H](C)[C@H](C[C@H](O)[C@@H](C)CCC(O)C/C=C(\C)[C@@H]4C/C=C/C=C/[C@H](O)[C@H](C)[C@@H](O)[C@@H](CCC(C)=O)C(=O)N[C@@H](C(C)C)C(=O)N[C@@H](Cc5cccc(O)c5)C(=O)N5CCCC(N5)C(=O)O4)O[C@@]32NC1=O. The van der Waals surface area contributed by atoms with Crippen molar-refractivity contribution < 1.29 is 63.8 Å². The molecule has 1 aliphatic carbocycles. The van der Waals surface area contributed by atoms with E-state index in [1.54, 1.807) is 58.1 Å². The number of rotatable bonds is 16. The first-order chi connectivity index (χ1) is 36.5. The lowest BCUT2D eigenvalue weighted by Gasteiger charge is -2.59. The average Bonchev–Trinajstić information content (AvgIpc) is 3.48. The van der Waals surface area contributed by atoms with Crippen LogP contribution in [-0.2, 0) is 44.7 Å². The van der Waals surface area contributed by atoms with Gasteiger partial charge in [-0.15, -0.1) is 0 Å². The molecule has 18 heteroatoms. The van der Waals surface area contributed by atoms with E-state index in [1.807, 2.05) is 19.9 Å². The number of aliphatic hydroxyl groups excluding tert-OH is 4. The smallest absolute Gasteiger partial charge is 0.325 e. The number of Topliss-reactive ketones (excluding diaryl/α,β-unsaturated/α-hetero) is 1. The van der Waals surface area contributed by atoms with E-state index >= 15 is 0 Å². The predicted octanol–water partition coefficient (Wildman–Crippen LogP) is 4.92. The molecule has 18 nitrogen and oxygen atoms in total. The molecule has 4 amide bonds. The van der Waals surface area contributed by atoms with Crippen LogP contribution in [0.4, 0.5) is 0 Å². The Labute approximate surface area is 454 Å². The molecule has 1 saturated carbocycles. The molecule has 1 aromatic rings. The highest BCUT2D eigenvalue weighted by atomic mass is 16.5. The van der Waals surface area contributed by atoms with Gasteiger partial charge < -0.3 is 55.8 Å². The van der Waals surface area contributed by atoms with E-state index in [1.165, 1.54) is 30.1 Å². The number of nitrogens with one attached hydrogen (secondary N) is 4. The number of fused-ring (bicyclic) bond motifs is 2. The Morgan fingerprint density at radius 1 is 0.987 bits per heavy atom. The Morgan fingerprint density at radius 2 is 1.74 bits per heavy atom. The quantitative estimate of drug-likeness (QED) is 0.0787. The third-order valence-electron chi connectivity index (χ3n) is 16.7. The highest BCUT2D eigenvalue weighted by Gasteiger charge is 2.60. The van der Waals surface area contributed by atoms with Crippen molar-refractivity contribution >= 4 is 35.4 Å². The van der Waals surface area contributed by atoms with Crippen LogP contribution < -0.4 is 21.4 Å². The van der Waals surface area contributed by atoms with Gasteiger partial charge in [-0.05, 0) is 112 Å². The fourth-order valence-corrected chi connectivity index (χ4v) is 11.4. The summed E-state index contributed by atoms with van der Waals surface area (Å²) in [5.41, 5.74) is 4.56. The molecule has 2 saturated heterocycles. The van der Waals surface area contributed by atoms with Crippen LogP contribution in [0.3, 0.4) is 0 Å². The maximum atomic E-state index is 14.5. The minimum Gasteiger partial charge on any atom is -0.508 e. The number of amides is 4. The van der Waals surface area contributed by atoms with E-state index in [0.29, 0.717) is 43.2 Å². The molecular formula is C59H87N5O13. The fraction of sp³-hybridized carbons (Fsp3) is 0.661. The van der Waals surface area contributed by atoms with Crippen molar-refractivity contribution in [2.45, 2.75) is 199 Å². The van der Waals surface area contributed by atoms with Gasteiger partial charge in [0.1, 0.15) is 35.8 Å². The number of aromatic hydroxyl groups is 1. The summed E-state index contributed by atoms with van der Waals surface area (Å²) >= 11 is 0. The molecule has 2 bridgehead atoms. The number of hydrogen-bond acceptors (Lipinski definition) is 14. The first-order valence-electron chi connectivity index (χ1n) is 28.1. The first-order valence-corrected chi connectivity index (χ1v) is 28.1. The van der Waals surface area contributed by atoms with Crippen LogP contribution in [0, 0.1) is 41.4 Å². The topological polar surface area (TPSA) is 273 Å². The van der Waals surface area contributed by atoms with Gasteiger partial charge in [-0.1, -0.05) is 90.1 Å². The molecule has 426 valence electrons. The second-order valence-electron chi connectivity index (χ2n) is 23.0.